The highest BCUT2D eigenvalue weighted by molar-refractivity contribution is 6.33. The van der Waals surface area contributed by atoms with Crippen LogP contribution in [0.1, 0.15) is 35.6 Å². The third kappa shape index (κ3) is 3.01. The molecule has 0 bridgehead atoms. The van der Waals surface area contributed by atoms with E-state index in [-0.39, 0.29) is 0 Å². The quantitative estimate of drug-likeness (QED) is 0.847. The molecule has 0 aliphatic heterocycles. The number of benzene rings is 2. The lowest BCUT2D eigenvalue weighted by Gasteiger charge is -2.28. The molecule has 0 spiro atoms. The molecule has 3 rings (SSSR count). The molecule has 3 heteroatoms. The van der Waals surface area contributed by atoms with Crippen LogP contribution in [0.2, 0.25) is 5.02 Å². The standard InChI is InChI=1S/C18H20ClNO/c1-12-6-9-16(19)18(10-12)20-17-5-3-4-13-7-8-14(21-2)11-15(13)17/h6-11,17,20H,3-5H2,1-2H3. The fourth-order valence-corrected chi connectivity index (χ4v) is 3.16. The molecule has 2 aromatic carbocycles. The number of rotatable bonds is 3. The van der Waals surface area contributed by atoms with Crippen molar-refractivity contribution >= 4 is 17.3 Å². The number of nitrogens with one attached hydrogen (secondary N) is 1. The summed E-state index contributed by atoms with van der Waals surface area (Å²) in [6, 6.07) is 12.8. The smallest absolute Gasteiger partial charge is 0.119 e. The summed E-state index contributed by atoms with van der Waals surface area (Å²) in [5.41, 5.74) is 4.96. The summed E-state index contributed by atoms with van der Waals surface area (Å²) < 4.78 is 5.37. The number of aryl methyl sites for hydroxylation is 2. The second kappa shape index (κ2) is 5.98. The van der Waals surface area contributed by atoms with Crippen LogP contribution in [0.15, 0.2) is 36.4 Å². The van der Waals surface area contributed by atoms with Gasteiger partial charge >= 0.3 is 0 Å². The van der Waals surface area contributed by atoms with Gasteiger partial charge < -0.3 is 10.1 Å². The van der Waals surface area contributed by atoms with E-state index in [2.05, 4.69) is 30.4 Å². The van der Waals surface area contributed by atoms with E-state index in [0.29, 0.717) is 6.04 Å². The van der Waals surface area contributed by atoms with Crippen molar-refractivity contribution in [1.29, 1.82) is 0 Å². The van der Waals surface area contributed by atoms with E-state index in [4.69, 9.17) is 16.3 Å². The maximum Gasteiger partial charge on any atom is 0.119 e. The van der Waals surface area contributed by atoms with Crippen molar-refractivity contribution < 1.29 is 4.74 Å². The van der Waals surface area contributed by atoms with E-state index in [1.165, 1.54) is 23.1 Å². The van der Waals surface area contributed by atoms with Crippen LogP contribution in [0.5, 0.6) is 5.75 Å². The van der Waals surface area contributed by atoms with Gasteiger partial charge in [0, 0.05) is 0 Å². The van der Waals surface area contributed by atoms with E-state index in [1.807, 2.05) is 18.2 Å². The Morgan fingerprint density at radius 1 is 1.19 bits per heavy atom. The van der Waals surface area contributed by atoms with Crippen molar-refractivity contribution in [2.75, 3.05) is 12.4 Å². The zero-order valence-corrected chi connectivity index (χ0v) is 13.2. The number of hydrogen-bond donors (Lipinski definition) is 1. The van der Waals surface area contributed by atoms with Crippen molar-refractivity contribution in [1.82, 2.24) is 0 Å². The Labute approximate surface area is 131 Å². The van der Waals surface area contributed by atoms with Crippen LogP contribution in [0.25, 0.3) is 0 Å². The highest BCUT2D eigenvalue weighted by Crippen LogP contribution is 2.36. The number of anilines is 1. The first-order valence-corrected chi connectivity index (χ1v) is 7.74. The van der Waals surface area contributed by atoms with Crippen LogP contribution in [0.4, 0.5) is 5.69 Å². The van der Waals surface area contributed by atoms with Crippen LogP contribution >= 0.6 is 11.6 Å². The van der Waals surface area contributed by atoms with Crippen molar-refractivity contribution in [3.8, 4) is 5.75 Å². The molecule has 0 fully saturated rings. The Balaban J connectivity index is 1.92. The minimum Gasteiger partial charge on any atom is -0.497 e. The second-order valence-corrected chi connectivity index (χ2v) is 6.04. The summed E-state index contributed by atoms with van der Waals surface area (Å²) >= 11 is 6.31. The molecular formula is C18H20ClNO. The summed E-state index contributed by atoms with van der Waals surface area (Å²) in [7, 11) is 1.71. The molecule has 21 heavy (non-hydrogen) atoms. The Bertz CT molecular complexity index is 654. The van der Waals surface area contributed by atoms with Crippen LogP contribution in [0, 0.1) is 6.92 Å². The summed E-state index contributed by atoms with van der Waals surface area (Å²) in [4.78, 5) is 0. The summed E-state index contributed by atoms with van der Waals surface area (Å²) in [5, 5.41) is 4.38. The van der Waals surface area contributed by atoms with Crippen LogP contribution < -0.4 is 10.1 Å². The van der Waals surface area contributed by atoms with Crippen LogP contribution in [0.3, 0.4) is 0 Å². The van der Waals surface area contributed by atoms with Gasteiger partial charge in [-0.2, -0.15) is 0 Å². The molecule has 0 saturated carbocycles. The minimum atomic E-state index is 0.295. The van der Waals surface area contributed by atoms with Gasteiger partial charge in [-0.25, -0.2) is 0 Å². The molecule has 0 saturated heterocycles. The molecule has 1 atom stereocenters. The van der Waals surface area contributed by atoms with Gasteiger partial charge in [-0.15, -0.1) is 0 Å². The minimum absolute atomic E-state index is 0.295. The van der Waals surface area contributed by atoms with Gasteiger partial charge in [0.25, 0.3) is 0 Å². The average Bonchev–Trinajstić information content (AvgIpc) is 2.51. The van der Waals surface area contributed by atoms with E-state index >= 15 is 0 Å². The lowest BCUT2D eigenvalue weighted by Crippen LogP contribution is -2.17. The molecule has 2 nitrogen and oxygen atoms in total. The predicted octanol–water partition coefficient (Wildman–Crippen LogP) is 5.15. The van der Waals surface area contributed by atoms with Gasteiger partial charge in [0.2, 0.25) is 0 Å². The number of ether oxygens (including phenoxy) is 1. The topological polar surface area (TPSA) is 21.3 Å². The largest absolute Gasteiger partial charge is 0.497 e. The maximum absolute atomic E-state index is 6.31. The Kier molecular flexibility index (Phi) is 4.07. The van der Waals surface area contributed by atoms with Crippen molar-refractivity contribution in [2.24, 2.45) is 0 Å². The molecule has 110 valence electrons. The number of halogens is 1. The highest BCUT2D eigenvalue weighted by atomic mass is 35.5. The summed E-state index contributed by atoms with van der Waals surface area (Å²) in [6.45, 7) is 2.08. The Hall–Kier alpha value is -1.67. The van der Waals surface area contributed by atoms with Gasteiger partial charge in [0.15, 0.2) is 0 Å². The fourth-order valence-electron chi connectivity index (χ4n) is 2.99. The van der Waals surface area contributed by atoms with Crippen molar-refractivity contribution in [3.63, 3.8) is 0 Å². The molecule has 1 N–H and O–H groups in total. The van der Waals surface area contributed by atoms with E-state index in [1.54, 1.807) is 7.11 Å². The van der Waals surface area contributed by atoms with Crippen molar-refractivity contribution in [2.45, 2.75) is 32.2 Å². The van der Waals surface area contributed by atoms with Crippen molar-refractivity contribution in [3.05, 3.63) is 58.1 Å². The second-order valence-electron chi connectivity index (χ2n) is 5.64. The molecule has 1 unspecified atom stereocenters. The van der Waals surface area contributed by atoms with Gasteiger partial charge in [-0.1, -0.05) is 23.7 Å². The number of hydrogen-bond acceptors (Lipinski definition) is 2. The maximum atomic E-state index is 6.31. The highest BCUT2D eigenvalue weighted by Gasteiger charge is 2.21. The first-order valence-electron chi connectivity index (χ1n) is 7.37. The third-order valence-electron chi connectivity index (χ3n) is 4.12. The summed E-state index contributed by atoms with van der Waals surface area (Å²) in [5.74, 6) is 0.915. The fraction of sp³-hybridized carbons (Fsp3) is 0.333. The van der Waals surface area contributed by atoms with E-state index in [0.717, 1.165) is 29.3 Å². The predicted molar refractivity (Wildman–Crippen MR) is 88.5 cm³/mol. The van der Waals surface area contributed by atoms with Crippen LogP contribution in [-0.4, -0.2) is 7.11 Å². The Morgan fingerprint density at radius 3 is 2.86 bits per heavy atom. The first kappa shape index (κ1) is 14.3. The van der Waals surface area contributed by atoms with Gasteiger partial charge in [0.1, 0.15) is 5.75 Å². The summed E-state index contributed by atoms with van der Waals surface area (Å²) in [6.07, 6.45) is 3.45. The molecule has 1 aliphatic rings. The lowest BCUT2D eigenvalue weighted by molar-refractivity contribution is 0.413. The number of methoxy groups -OCH3 is 1. The molecule has 0 radical (unpaired) electrons. The zero-order valence-electron chi connectivity index (χ0n) is 12.4. The number of fused-ring (bicyclic) bond motifs is 1. The molecule has 2 aromatic rings. The lowest BCUT2D eigenvalue weighted by atomic mass is 9.87. The van der Waals surface area contributed by atoms with Gasteiger partial charge in [0.05, 0.1) is 23.9 Å². The molecule has 0 heterocycles. The third-order valence-corrected chi connectivity index (χ3v) is 4.45. The van der Waals surface area contributed by atoms with Crippen LogP contribution in [-0.2, 0) is 6.42 Å². The molecular weight excluding hydrogens is 282 g/mol. The zero-order chi connectivity index (χ0) is 14.8. The first-order chi connectivity index (χ1) is 10.2. The normalized spacial score (nSPS) is 17.2. The molecule has 1 aliphatic carbocycles. The van der Waals surface area contributed by atoms with Gasteiger partial charge in [-0.3, -0.25) is 0 Å². The van der Waals surface area contributed by atoms with E-state index < -0.39 is 0 Å². The SMILES string of the molecule is COc1ccc2c(c1)C(Nc1cc(C)ccc1Cl)CCC2. The average molecular weight is 302 g/mol. The monoisotopic (exact) mass is 301 g/mol. The molecule has 0 aromatic heterocycles. The Morgan fingerprint density at radius 2 is 2.05 bits per heavy atom. The van der Waals surface area contributed by atoms with E-state index in [9.17, 15) is 0 Å². The molecule has 0 amide bonds. The van der Waals surface area contributed by atoms with Gasteiger partial charge in [-0.05, 0) is 67.1 Å².